The first-order valence-electron chi connectivity index (χ1n) is 8.56. The Morgan fingerprint density at radius 2 is 1.29 bits per heavy atom. The molecule has 2 aromatic rings. The van der Waals surface area contributed by atoms with Crippen molar-refractivity contribution >= 4 is 40.8 Å². The lowest BCUT2D eigenvalue weighted by atomic mass is 10.3. The average molecular weight is 492 g/mol. The van der Waals surface area contributed by atoms with Gasteiger partial charge in [0, 0.05) is 14.1 Å². The Bertz CT molecular complexity index is 872. The molecule has 2 aromatic heterocycles. The number of anilines is 3. The molecular weight excluding hydrogens is 475 g/mol. The van der Waals surface area contributed by atoms with E-state index in [1.54, 1.807) is 19.0 Å². The molecule has 2 N–H and O–H groups in total. The zero-order valence-corrected chi connectivity index (χ0v) is 18.0. The quantitative estimate of drug-likeness (QED) is 0.433. The van der Waals surface area contributed by atoms with Gasteiger partial charge in [-0.05, 0) is 19.9 Å². The van der Waals surface area contributed by atoms with Crippen LogP contribution < -0.4 is 15.5 Å². The maximum Gasteiger partial charge on any atom is 0.408 e. The Balaban J connectivity index is 2.55. The van der Waals surface area contributed by atoms with Crippen molar-refractivity contribution in [2.75, 3.05) is 29.6 Å². The van der Waals surface area contributed by atoms with Gasteiger partial charge < -0.3 is 15.5 Å². The predicted molar refractivity (Wildman–Crippen MR) is 106 cm³/mol. The summed E-state index contributed by atoms with van der Waals surface area (Å²) in [6.45, 7) is 1.60. The summed E-state index contributed by atoms with van der Waals surface area (Å²) >= 11 is 12.3. The Kier molecular flexibility index (Phi) is 7.31. The van der Waals surface area contributed by atoms with Crippen molar-refractivity contribution in [3.63, 3.8) is 0 Å². The fraction of sp³-hybridized carbons (Fsp3) is 0.500. The van der Waals surface area contributed by atoms with Gasteiger partial charge in [-0.25, -0.2) is 4.98 Å². The van der Waals surface area contributed by atoms with E-state index in [9.17, 15) is 26.3 Å². The molecule has 31 heavy (non-hydrogen) atoms. The maximum absolute atomic E-state index is 12.9. The highest BCUT2D eigenvalue weighted by Crippen LogP contribution is 2.34. The van der Waals surface area contributed by atoms with E-state index >= 15 is 0 Å². The number of rotatable bonds is 6. The lowest BCUT2D eigenvalue weighted by molar-refractivity contribution is -0.139. The summed E-state index contributed by atoms with van der Waals surface area (Å²) in [7, 11) is 3.30. The van der Waals surface area contributed by atoms with E-state index < -0.39 is 36.3 Å². The Labute approximate surface area is 183 Å². The third-order valence-corrected chi connectivity index (χ3v) is 4.44. The largest absolute Gasteiger partial charge is 0.408 e. The highest BCUT2D eigenvalue weighted by molar-refractivity contribution is 6.38. The predicted octanol–water partition coefficient (Wildman–Crippen LogP) is 5.03. The molecule has 7 nitrogen and oxygen atoms in total. The molecular formula is C16H17Cl2F6N7. The second kappa shape index (κ2) is 9.07. The highest BCUT2D eigenvalue weighted by Gasteiger charge is 2.38. The van der Waals surface area contributed by atoms with Gasteiger partial charge in [-0.1, -0.05) is 23.2 Å². The summed E-state index contributed by atoms with van der Waals surface area (Å²) in [6.07, 6.45) is -9.31. The second-order valence-electron chi connectivity index (χ2n) is 6.64. The second-order valence-corrected chi connectivity index (χ2v) is 7.41. The van der Waals surface area contributed by atoms with Gasteiger partial charge >= 0.3 is 12.4 Å². The molecule has 0 aliphatic rings. The molecule has 0 amide bonds. The molecule has 0 radical (unpaired) electrons. The third-order valence-electron chi connectivity index (χ3n) is 3.89. The van der Waals surface area contributed by atoms with Crippen LogP contribution in [-0.2, 0) is 0 Å². The van der Waals surface area contributed by atoms with Gasteiger partial charge in [-0.15, -0.1) is 0 Å². The Morgan fingerprint density at radius 3 is 1.65 bits per heavy atom. The van der Waals surface area contributed by atoms with Crippen LogP contribution in [-0.4, -0.2) is 58.5 Å². The van der Waals surface area contributed by atoms with Gasteiger partial charge in [-0.2, -0.15) is 41.3 Å². The molecule has 2 heterocycles. The molecule has 0 saturated heterocycles. The van der Waals surface area contributed by atoms with Crippen LogP contribution >= 0.6 is 23.2 Å². The molecule has 15 heteroatoms. The van der Waals surface area contributed by atoms with Crippen LogP contribution in [0.5, 0.6) is 0 Å². The smallest absolute Gasteiger partial charge is 0.374 e. The topological polar surface area (TPSA) is 78.9 Å². The van der Waals surface area contributed by atoms with Gasteiger partial charge in [0.1, 0.15) is 17.8 Å². The molecule has 2 rings (SSSR count). The van der Waals surface area contributed by atoms with Crippen molar-refractivity contribution < 1.29 is 26.3 Å². The number of alkyl halides is 6. The van der Waals surface area contributed by atoms with E-state index in [0.29, 0.717) is 5.69 Å². The van der Waals surface area contributed by atoms with E-state index in [1.165, 1.54) is 6.07 Å². The van der Waals surface area contributed by atoms with Crippen molar-refractivity contribution in [3.8, 4) is 11.5 Å². The molecule has 0 unspecified atom stereocenters. The van der Waals surface area contributed by atoms with Crippen LogP contribution in [0.3, 0.4) is 0 Å². The van der Waals surface area contributed by atoms with E-state index in [1.807, 2.05) is 10.6 Å². The fourth-order valence-corrected chi connectivity index (χ4v) is 2.93. The minimum absolute atomic E-state index is 0.0655. The van der Waals surface area contributed by atoms with Gasteiger partial charge in [0.15, 0.2) is 11.0 Å². The minimum atomic E-state index is -4.65. The highest BCUT2D eigenvalue weighted by atomic mass is 35.5. The minimum Gasteiger partial charge on any atom is -0.374 e. The Hall–Kier alpha value is -2.28. The summed E-state index contributed by atoms with van der Waals surface area (Å²) in [5.74, 6) is -1.56. The third kappa shape index (κ3) is 6.35. The van der Waals surface area contributed by atoms with Crippen molar-refractivity contribution in [2.24, 2.45) is 0 Å². The van der Waals surface area contributed by atoms with Crippen molar-refractivity contribution in [2.45, 2.75) is 38.3 Å². The fourth-order valence-electron chi connectivity index (χ4n) is 2.16. The first kappa shape index (κ1) is 25.0. The van der Waals surface area contributed by atoms with Gasteiger partial charge in [-0.3, -0.25) is 0 Å². The molecule has 0 saturated carbocycles. The number of halogens is 8. The first-order valence-corrected chi connectivity index (χ1v) is 9.31. The van der Waals surface area contributed by atoms with Crippen molar-refractivity contribution in [1.29, 1.82) is 0 Å². The summed E-state index contributed by atoms with van der Waals surface area (Å²) in [6, 6.07) is -2.90. The van der Waals surface area contributed by atoms with Gasteiger partial charge in [0.25, 0.3) is 0 Å². The molecule has 0 spiro atoms. The molecule has 172 valence electrons. The normalized spacial score (nSPS) is 14.2. The molecule has 0 fully saturated rings. The first-order chi connectivity index (χ1) is 14.1. The van der Waals surface area contributed by atoms with Crippen LogP contribution in [0.4, 0.5) is 43.9 Å². The zero-order chi connectivity index (χ0) is 23.7. The maximum atomic E-state index is 12.9. The van der Waals surface area contributed by atoms with E-state index in [-0.39, 0.29) is 21.7 Å². The number of aromatic nitrogens is 4. The molecule has 2 atom stereocenters. The zero-order valence-electron chi connectivity index (χ0n) is 16.5. The standard InChI is InChI=1S/C16H17Cl2F6N7/c1-6(15(19,20)21)25-13-28-12(29-14(30-13)26-7(2)16(22,23)24)9-5-8(17)10(31(3)4)11(18)27-9/h5-7H,1-4H3,(H2,25,26,28,29,30)/t6-,7-/m1/s1. The van der Waals surface area contributed by atoms with Crippen LogP contribution in [0, 0.1) is 0 Å². The molecule has 0 aliphatic carbocycles. The lowest BCUT2D eigenvalue weighted by Crippen LogP contribution is -2.35. The van der Waals surface area contributed by atoms with E-state index in [0.717, 1.165) is 13.8 Å². The van der Waals surface area contributed by atoms with E-state index in [2.05, 4.69) is 19.9 Å². The van der Waals surface area contributed by atoms with Crippen LogP contribution in [0.25, 0.3) is 11.5 Å². The summed E-state index contributed by atoms with van der Waals surface area (Å²) in [4.78, 5) is 16.9. The number of pyridine rings is 1. The van der Waals surface area contributed by atoms with Crippen LogP contribution in [0.2, 0.25) is 10.2 Å². The average Bonchev–Trinajstić information content (AvgIpc) is 2.58. The summed E-state index contributed by atoms with van der Waals surface area (Å²) < 4.78 is 77.4. The lowest BCUT2D eigenvalue weighted by Gasteiger charge is -2.20. The van der Waals surface area contributed by atoms with E-state index in [4.69, 9.17) is 23.2 Å². The summed E-state index contributed by atoms with van der Waals surface area (Å²) in [5, 5.41) is 4.04. The number of hydrogen-bond acceptors (Lipinski definition) is 7. The molecule has 0 aromatic carbocycles. The van der Waals surface area contributed by atoms with Crippen molar-refractivity contribution in [3.05, 3.63) is 16.2 Å². The van der Waals surface area contributed by atoms with Crippen molar-refractivity contribution in [1.82, 2.24) is 19.9 Å². The number of nitrogens with one attached hydrogen (secondary N) is 2. The van der Waals surface area contributed by atoms with Crippen LogP contribution in [0.1, 0.15) is 13.8 Å². The van der Waals surface area contributed by atoms with Gasteiger partial charge in [0.2, 0.25) is 11.9 Å². The summed E-state index contributed by atoms with van der Waals surface area (Å²) in [5.41, 5.74) is 0.280. The monoisotopic (exact) mass is 491 g/mol. The molecule has 0 bridgehead atoms. The number of hydrogen-bond donors (Lipinski definition) is 2. The SMILES string of the molecule is C[C@@H](Nc1nc(N[C@H](C)C(F)(F)F)nc(-c2cc(Cl)c(N(C)C)c(Cl)n2)n1)C(F)(F)F. The Morgan fingerprint density at radius 1 is 0.839 bits per heavy atom. The van der Waals surface area contributed by atoms with Crippen LogP contribution in [0.15, 0.2) is 6.07 Å². The molecule has 0 aliphatic heterocycles. The van der Waals surface area contributed by atoms with Gasteiger partial charge in [0.05, 0.1) is 10.7 Å². The number of nitrogens with zero attached hydrogens (tertiary/aromatic N) is 5.